The zero-order valence-electron chi connectivity index (χ0n) is 9.91. The second-order valence-electron chi connectivity index (χ2n) is 4.49. The fraction of sp³-hybridized carbons (Fsp3) is 0.267. The predicted molar refractivity (Wildman–Crippen MR) is 66.0 cm³/mol. The first-order valence-corrected chi connectivity index (χ1v) is 6.08. The minimum absolute atomic E-state index is 0.164. The topological polar surface area (TPSA) is 39.4 Å². The molecule has 18 heavy (non-hydrogen) atoms. The van der Waals surface area contributed by atoms with Crippen LogP contribution in [-0.4, -0.2) is 5.78 Å². The van der Waals surface area contributed by atoms with Crippen molar-refractivity contribution in [1.29, 1.82) is 0 Å². The van der Waals surface area contributed by atoms with Gasteiger partial charge in [-0.2, -0.15) is 0 Å². The molecule has 0 bridgehead atoms. The molecule has 0 saturated carbocycles. The monoisotopic (exact) mass is 242 g/mol. The van der Waals surface area contributed by atoms with E-state index in [1.807, 2.05) is 42.5 Å². The van der Waals surface area contributed by atoms with Gasteiger partial charge in [0.1, 0.15) is 17.6 Å². The van der Waals surface area contributed by atoms with Gasteiger partial charge in [-0.25, -0.2) is 0 Å². The van der Waals surface area contributed by atoms with E-state index in [-0.39, 0.29) is 18.0 Å². The number of furan rings is 1. The average molecular weight is 242 g/mol. The Hall–Kier alpha value is -1.87. The molecule has 3 rings (SSSR count). The van der Waals surface area contributed by atoms with E-state index in [4.69, 9.17) is 9.15 Å². The second-order valence-corrected chi connectivity index (χ2v) is 4.49. The summed E-state index contributed by atoms with van der Waals surface area (Å²) in [6, 6.07) is 13.5. The van der Waals surface area contributed by atoms with Gasteiger partial charge in [0.2, 0.25) is 0 Å². The standard InChI is InChI=1S/C15H14O3/c16-12-9-14(11-5-2-1-3-6-11)18-15(10-12)13-7-4-8-17-13/h1-8,14-15H,9-10H2/t14-,15-/m1/s1. The number of hydrogen-bond acceptors (Lipinski definition) is 3. The van der Waals surface area contributed by atoms with E-state index < -0.39 is 0 Å². The molecule has 2 heterocycles. The highest BCUT2D eigenvalue weighted by Crippen LogP contribution is 2.36. The average Bonchev–Trinajstić information content (AvgIpc) is 2.93. The van der Waals surface area contributed by atoms with Crippen molar-refractivity contribution in [2.24, 2.45) is 0 Å². The van der Waals surface area contributed by atoms with Crippen LogP contribution in [-0.2, 0) is 9.53 Å². The lowest BCUT2D eigenvalue weighted by Crippen LogP contribution is -2.22. The number of carbonyl (C=O) groups excluding carboxylic acids is 1. The largest absolute Gasteiger partial charge is 0.467 e. The van der Waals surface area contributed by atoms with E-state index in [1.165, 1.54) is 0 Å². The molecule has 0 aliphatic carbocycles. The smallest absolute Gasteiger partial charge is 0.138 e. The lowest BCUT2D eigenvalue weighted by Gasteiger charge is -2.28. The van der Waals surface area contributed by atoms with Crippen molar-refractivity contribution < 1.29 is 13.9 Å². The molecule has 0 radical (unpaired) electrons. The number of carbonyl (C=O) groups is 1. The summed E-state index contributed by atoms with van der Waals surface area (Å²) in [5.74, 6) is 0.945. The fourth-order valence-electron chi connectivity index (χ4n) is 2.30. The maximum absolute atomic E-state index is 11.8. The zero-order chi connectivity index (χ0) is 12.4. The molecular weight excluding hydrogens is 228 g/mol. The normalized spacial score (nSPS) is 24.1. The van der Waals surface area contributed by atoms with Crippen LogP contribution >= 0.6 is 0 Å². The van der Waals surface area contributed by atoms with Gasteiger partial charge in [0.05, 0.1) is 12.4 Å². The van der Waals surface area contributed by atoms with Gasteiger partial charge in [-0.3, -0.25) is 4.79 Å². The van der Waals surface area contributed by atoms with Crippen molar-refractivity contribution in [3.63, 3.8) is 0 Å². The van der Waals surface area contributed by atoms with Crippen LogP contribution in [0.25, 0.3) is 0 Å². The summed E-state index contributed by atoms with van der Waals surface area (Å²) < 4.78 is 11.3. The quantitative estimate of drug-likeness (QED) is 0.809. The third kappa shape index (κ3) is 2.22. The Morgan fingerprint density at radius 1 is 0.944 bits per heavy atom. The number of rotatable bonds is 2. The van der Waals surface area contributed by atoms with E-state index in [0.717, 1.165) is 11.3 Å². The molecular formula is C15H14O3. The number of benzene rings is 1. The summed E-state index contributed by atoms with van der Waals surface area (Å²) in [4.78, 5) is 11.8. The Kier molecular flexibility index (Phi) is 2.99. The van der Waals surface area contributed by atoms with Crippen molar-refractivity contribution in [1.82, 2.24) is 0 Å². The van der Waals surface area contributed by atoms with Crippen molar-refractivity contribution in [2.45, 2.75) is 25.0 Å². The molecule has 1 aliphatic heterocycles. The van der Waals surface area contributed by atoms with Crippen molar-refractivity contribution in [3.8, 4) is 0 Å². The van der Waals surface area contributed by atoms with Crippen LogP contribution in [0.1, 0.15) is 36.4 Å². The number of ether oxygens (including phenoxy) is 1. The highest BCUT2D eigenvalue weighted by atomic mass is 16.5. The van der Waals surface area contributed by atoms with Crippen molar-refractivity contribution in [2.75, 3.05) is 0 Å². The van der Waals surface area contributed by atoms with Crippen LogP contribution in [0.3, 0.4) is 0 Å². The molecule has 0 spiro atoms. The van der Waals surface area contributed by atoms with Gasteiger partial charge >= 0.3 is 0 Å². The lowest BCUT2D eigenvalue weighted by atomic mass is 9.96. The molecule has 1 fully saturated rings. The number of ketones is 1. The number of hydrogen-bond donors (Lipinski definition) is 0. The van der Waals surface area contributed by atoms with E-state index in [0.29, 0.717) is 12.8 Å². The molecule has 0 unspecified atom stereocenters. The predicted octanol–water partition coefficient (Wildman–Crippen LogP) is 3.44. The second kappa shape index (κ2) is 4.78. The molecule has 1 aliphatic rings. The first kappa shape index (κ1) is 11.2. The summed E-state index contributed by atoms with van der Waals surface area (Å²) in [5.41, 5.74) is 1.04. The molecule has 2 aromatic rings. The van der Waals surface area contributed by atoms with Gasteiger partial charge in [0.25, 0.3) is 0 Å². The maximum atomic E-state index is 11.8. The third-order valence-corrected chi connectivity index (χ3v) is 3.19. The minimum atomic E-state index is -0.258. The number of Topliss-reactive ketones (excluding diaryl/α,β-unsaturated/α-hetero) is 1. The maximum Gasteiger partial charge on any atom is 0.138 e. The molecule has 92 valence electrons. The Bertz CT molecular complexity index is 516. The van der Waals surface area contributed by atoms with E-state index in [2.05, 4.69) is 0 Å². The molecule has 0 amide bonds. The van der Waals surface area contributed by atoms with E-state index >= 15 is 0 Å². The fourth-order valence-corrected chi connectivity index (χ4v) is 2.30. The lowest BCUT2D eigenvalue weighted by molar-refractivity contribution is -0.137. The summed E-state index contributed by atoms with van der Waals surface area (Å²) in [7, 11) is 0. The Morgan fingerprint density at radius 3 is 2.44 bits per heavy atom. The van der Waals surface area contributed by atoms with Crippen LogP contribution in [0.4, 0.5) is 0 Å². The van der Waals surface area contributed by atoms with Gasteiger partial charge in [-0.05, 0) is 17.7 Å². The van der Waals surface area contributed by atoms with Gasteiger partial charge < -0.3 is 9.15 Å². The van der Waals surface area contributed by atoms with Gasteiger partial charge in [0, 0.05) is 12.8 Å². The van der Waals surface area contributed by atoms with Crippen LogP contribution in [0, 0.1) is 0 Å². The van der Waals surface area contributed by atoms with Crippen molar-refractivity contribution in [3.05, 3.63) is 60.1 Å². The molecule has 3 heteroatoms. The first-order valence-electron chi connectivity index (χ1n) is 6.08. The highest BCUT2D eigenvalue weighted by molar-refractivity contribution is 5.80. The van der Waals surface area contributed by atoms with Crippen molar-refractivity contribution >= 4 is 5.78 Å². The highest BCUT2D eigenvalue weighted by Gasteiger charge is 2.31. The summed E-state index contributed by atoms with van der Waals surface area (Å²) >= 11 is 0. The van der Waals surface area contributed by atoms with Gasteiger partial charge in [-0.15, -0.1) is 0 Å². The van der Waals surface area contributed by atoms with E-state index in [1.54, 1.807) is 6.26 Å². The van der Waals surface area contributed by atoms with Crippen LogP contribution < -0.4 is 0 Å². The summed E-state index contributed by atoms with van der Waals surface area (Å²) in [6.45, 7) is 0. The Morgan fingerprint density at radius 2 is 1.72 bits per heavy atom. The molecule has 1 saturated heterocycles. The molecule has 0 N–H and O–H groups in total. The van der Waals surface area contributed by atoms with Crippen LogP contribution in [0.5, 0.6) is 0 Å². The van der Waals surface area contributed by atoms with Gasteiger partial charge in [-0.1, -0.05) is 30.3 Å². The molecule has 2 atom stereocenters. The molecule has 1 aromatic carbocycles. The Labute approximate surface area is 105 Å². The van der Waals surface area contributed by atoms with Crippen LogP contribution in [0.2, 0.25) is 0 Å². The molecule has 1 aromatic heterocycles. The van der Waals surface area contributed by atoms with E-state index in [9.17, 15) is 4.79 Å². The first-order chi connectivity index (χ1) is 8.83. The van der Waals surface area contributed by atoms with Crippen LogP contribution in [0.15, 0.2) is 53.1 Å². The Balaban J connectivity index is 1.83. The van der Waals surface area contributed by atoms with Gasteiger partial charge in [0.15, 0.2) is 0 Å². The minimum Gasteiger partial charge on any atom is -0.467 e. The summed E-state index contributed by atoms with van der Waals surface area (Å²) in [5, 5.41) is 0. The SMILES string of the molecule is O=C1C[C@H](c2ccccc2)O[C@@H](c2ccco2)C1. The third-order valence-electron chi connectivity index (χ3n) is 3.19. The summed E-state index contributed by atoms with van der Waals surface area (Å²) in [6.07, 6.45) is 2.03. The molecule has 3 nitrogen and oxygen atoms in total. The zero-order valence-corrected chi connectivity index (χ0v) is 9.91.